The fourth-order valence-electron chi connectivity index (χ4n) is 1.40. The van der Waals surface area contributed by atoms with Crippen LogP contribution in [-0.4, -0.2) is 16.1 Å². The zero-order valence-electron chi connectivity index (χ0n) is 10.6. The van der Waals surface area contributed by atoms with Gasteiger partial charge in [0.25, 0.3) is 0 Å². The molecule has 0 atom stereocenters. The van der Waals surface area contributed by atoms with Gasteiger partial charge < -0.3 is 10.5 Å². The van der Waals surface area contributed by atoms with Crippen molar-refractivity contribution < 1.29 is 9.13 Å². The maximum atomic E-state index is 13.1. The summed E-state index contributed by atoms with van der Waals surface area (Å²) in [6, 6.07) is 6.24. The minimum Gasteiger partial charge on any atom is -0.473 e. The molecule has 0 saturated heterocycles. The second-order valence-electron chi connectivity index (χ2n) is 4.12. The number of hydrogen-bond acceptors (Lipinski definition) is 5. The standard InChI is InChI=1S/C13H14FN3OS/c1-8(2)18-12-11(15)13(17-7-16-12)19-10-5-3-4-9(14)6-10/h3-8H,15H2,1-2H3. The Bertz CT molecular complexity index is 578. The summed E-state index contributed by atoms with van der Waals surface area (Å²) in [5.74, 6) is 0.0557. The first-order valence-electron chi connectivity index (χ1n) is 5.77. The summed E-state index contributed by atoms with van der Waals surface area (Å²) in [5.41, 5.74) is 6.32. The molecule has 0 bridgehead atoms. The Kier molecular flexibility index (Phi) is 4.21. The molecular weight excluding hydrogens is 265 g/mol. The Morgan fingerprint density at radius 2 is 2.11 bits per heavy atom. The second kappa shape index (κ2) is 5.88. The minimum atomic E-state index is -0.295. The predicted octanol–water partition coefficient (Wildman–Crippen LogP) is 3.14. The first kappa shape index (κ1) is 13.6. The van der Waals surface area contributed by atoms with Gasteiger partial charge in [-0.3, -0.25) is 0 Å². The molecule has 0 aliphatic carbocycles. The van der Waals surface area contributed by atoms with E-state index >= 15 is 0 Å². The molecule has 1 aromatic heterocycles. The van der Waals surface area contributed by atoms with E-state index in [9.17, 15) is 4.39 Å². The number of ether oxygens (including phenoxy) is 1. The lowest BCUT2D eigenvalue weighted by Crippen LogP contribution is -2.09. The van der Waals surface area contributed by atoms with Gasteiger partial charge in [-0.1, -0.05) is 17.8 Å². The molecule has 2 N–H and O–H groups in total. The SMILES string of the molecule is CC(C)Oc1ncnc(Sc2cccc(F)c2)c1N. The molecule has 4 nitrogen and oxygen atoms in total. The van der Waals surface area contributed by atoms with Crippen LogP contribution in [0.3, 0.4) is 0 Å². The van der Waals surface area contributed by atoms with E-state index in [1.807, 2.05) is 13.8 Å². The van der Waals surface area contributed by atoms with Crippen LogP contribution >= 0.6 is 11.8 Å². The summed E-state index contributed by atoms with van der Waals surface area (Å²) >= 11 is 1.27. The Morgan fingerprint density at radius 3 is 2.79 bits per heavy atom. The largest absolute Gasteiger partial charge is 0.473 e. The zero-order valence-corrected chi connectivity index (χ0v) is 11.4. The van der Waals surface area contributed by atoms with Crippen molar-refractivity contribution in [3.05, 3.63) is 36.4 Å². The highest BCUT2D eigenvalue weighted by molar-refractivity contribution is 7.99. The number of benzene rings is 1. The van der Waals surface area contributed by atoms with E-state index in [2.05, 4.69) is 9.97 Å². The molecule has 6 heteroatoms. The van der Waals surface area contributed by atoms with E-state index in [1.165, 1.54) is 30.2 Å². The summed E-state index contributed by atoms with van der Waals surface area (Å²) < 4.78 is 18.6. The van der Waals surface area contributed by atoms with Crippen molar-refractivity contribution in [3.63, 3.8) is 0 Å². The van der Waals surface area contributed by atoms with Crippen LogP contribution in [0.25, 0.3) is 0 Å². The van der Waals surface area contributed by atoms with Gasteiger partial charge in [-0.15, -0.1) is 0 Å². The zero-order chi connectivity index (χ0) is 13.8. The molecule has 0 amide bonds. The van der Waals surface area contributed by atoms with E-state index in [-0.39, 0.29) is 11.9 Å². The van der Waals surface area contributed by atoms with Crippen LogP contribution in [0.4, 0.5) is 10.1 Å². The van der Waals surface area contributed by atoms with Gasteiger partial charge in [0.15, 0.2) is 0 Å². The van der Waals surface area contributed by atoms with Gasteiger partial charge in [0, 0.05) is 4.90 Å². The van der Waals surface area contributed by atoms with Crippen molar-refractivity contribution in [2.45, 2.75) is 29.9 Å². The van der Waals surface area contributed by atoms with Gasteiger partial charge in [-0.2, -0.15) is 4.98 Å². The van der Waals surface area contributed by atoms with Gasteiger partial charge in [0.2, 0.25) is 5.88 Å². The molecule has 0 aliphatic heterocycles. The summed E-state index contributed by atoms with van der Waals surface area (Å²) in [7, 11) is 0. The van der Waals surface area contributed by atoms with Crippen LogP contribution in [0, 0.1) is 5.82 Å². The van der Waals surface area contributed by atoms with Crippen LogP contribution in [0.2, 0.25) is 0 Å². The summed E-state index contributed by atoms with van der Waals surface area (Å²) in [6.45, 7) is 3.78. The molecule has 0 saturated carbocycles. The highest BCUT2D eigenvalue weighted by atomic mass is 32.2. The van der Waals surface area contributed by atoms with E-state index in [0.29, 0.717) is 16.6 Å². The lowest BCUT2D eigenvalue weighted by molar-refractivity contribution is 0.233. The molecule has 0 aliphatic rings. The van der Waals surface area contributed by atoms with Crippen molar-refractivity contribution >= 4 is 17.4 Å². The number of halogens is 1. The molecule has 1 heterocycles. The average molecular weight is 279 g/mol. The number of rotatable bonds is 4. The van der Waals surface area contributed by atoms with Crippen molar-refractivity contribution in [1.29, 1.82) is 0 Å². The fraction of sp³-hybridized carbons (Fsp3) is 0.231. The van der Waals surface area contributed by atoms with Crippen molar-refractivity contribution in [1.82, 2.24) is 9.97 Å². The number of anilines is 1. The summed E-state index contributed by atoms with van der Waals surface area (Å²) in [5, 5.41) is 0.552. The van der Waals surface area contributed by atoms with Crippen molar-refractivity contribution in [2.24, 2.45) is 0 Å². The maximum absolute atomic E-state index is 13.1. The highest BCUT2D eigenvalue weighted by Gasteiger charge is 2.12. The monoisotopic (exact) mass is 279 g/mol. The van der Waals surface area contributed by atoms with Crippen LogP contribution in [0.1, 0.15) is 13.8 Å². The third-order valence-corrected chi connectivity index (χ3v) is 3.18. The number of hydrogen-bond donors (Lipinski definition) is 1. The van der Waals surface area contributed by atoms with E-state index in [0.717, 1.165) is 4.90 Å². The quantitative estimate of drug-likeness (QED) is 0.871. The molecule has 100 valence electrons. The highest BCUT2D eigenvalue weighted by Crippen LogP contribution is 2.34. The summed E-state index contributed by atoms with van der Waals surface area (Å²) in [4.78, 5) is 8.81. The summed E-state index contributed by atoms with van der Waals surface area (Å²) in [6.07, 6.45) is 1.36. The van der Waals surface area contributed by atoms with Crippen LogP contribution in [0.5, 0.6) is 5.88 Å². The topological polar surface area (TPSA) is 61.0 Å². The Morgan fingerprint density at radius 1 is 1.32 bits per heavy atom. The number of nitrogen functional groups attached to an aromatic ring is 1. The van der Waals surface area contributed by atoms with Gasteiger partial charge in [0.1, 0.15) is 22.9 Å². The fourth-order valence-corrected chi connectivity index (χ4v) is 2.24. The third kappa shape index (κ3) is 3.57. The minimum absolute atomic E-state index is 0.0239. The molecule has 0 fully saturated rings. The third-order valence-electron chi connectivity index (χ3n) is 2.17. The lowest BCUT2D eigenvalue weighted by Gasteiger charge is -2.12. The predicted molar refractivity (Wildman–Crippen MR) is 72.7 cm³/mol. The molecule has 0 radical (unpaired) electrons. The van der Waals surface area contributed by atoms with Crippen molar-refractivity contribution in [2.75, 3.05) is 5.73 Å². The van der Waals surface area contributed by atoms with E-state index in [1.54, 1.807) is 12.1 Å². The molecule has 1 aromatic carbocycles. The van der Waals surface area contributed by atoms with Gasteiger partial charge in [-0.25, -0.2) is 9.37 Å². The van der Waals surface area contributed by atoms with Gasteiger partial charge >= 0.3 is 0 Å². The second-order valence-corrected chi connectivity index (χ2v) is 5.19. The first-order chi connectivity index (χ1) is 9.06. The maximum Gasteiger partial charge on any atom is 0.241 e. The normalized spacial score (nSPS) is 10.7. The molecule has 0 unspecified atom stereocenters. The smallest absolute Gasteiger partial charge is 0.241 e. The molecule has 0 spiro atoms. The Hall–Kier alpha value is -1.82. The number of nitrogens with two attached hydrogens (primary N) is 1. The van der Waals surface area contributed by atoms with Crippen LogP contribution < -0.4 is 10.5 Å². The van der Waals surface area contributed by atoms with E-state index < -0.39 is 0 Å². The molecule has 19 heavy (non-hydrogen) atoms. The molecule has 2 aromatic rings. The molecular formula is C13H14FN3OS. The first-order valence-corrected chi connectivity index (χ1v) is 6.58. The van der Waals surface area contributed by atoms with Crippen molar-refractivity contribution in [3.8, 4) is 5.88 Å². The number of aromatic nitrogens is 2. The van der Waals surface area contributed by atoms with Gasteiger partial charge in [-0.05, 0) is 32.0 Å². The van der Waals surface area contributed by atoms with E-state index in [4.69, 9.17) is 10.5 Å². The van der Waals surface area contributed by atoms with Crippen LogP contribution in [-0.2, 0) is 0 Å². The number of nitrogens with zero attached hydrogens (tertiary/aromatic N) is 2. The Balaban J connectivity index is 2.25. The molecule has 2 rings (SSSR count). The van der Waals surface area contributed by atoms with Crippen LogP contribution in [0.15, 0.2) is 40.5 Å². The average Bonchev–Trinajstić information content (AvgIpc) is 2.34. The lowest BCUT2D eigenvalue weighted by atomic mass is 10.4. The van der Waals surface area contributed by atoms with Gasteiger partial charge in [0.05, 0.1) is 6.10 Å². The Labute approximate surface area is 115 Å².